The van der Waals surface area contributed by atoms with Crippen LogP contribution >= 0.6 is 12.2 Å². The second-order valence-electron chi connectivity index (χ2n) is 4.70. The first-order valence-electron chi connectivity index (χ1n) is 6.41. The fourth-order valence-corrected chi connectivity index (χ4v) is 2.38. The third kappa shape index (κ3) is 3.51. The normalized spacial score (nSPS) is 20.8. The maximum absolute atomic E-state index is 5.67. The van der Waals surface area contributed by atoms with Crippen molar-refractivity contribution < 1.29 is 4.74 Å². The molecule has 1 fully saturated rings. The van der Waals surface area contributed by atoms with Crippen LogP contribution in [0.2, 0.25) is 0 Å². The van der Waals surface area contributed by atoms with Crippen molar-refractivity contribution in [2.75, 3.05) is 19.7 Å². The van der Waals surface area contributed by atoms with Crippen LogP contribution < -0.4 is 5.73 Å². The van der Waals surface area contributed by atoms with E-state index in [0.29, 0.717) is 11.1 Å². The lowest BCUT2D eigenvalue weighted by Crippen LogP contribution is -2.41. The summed E-state index contributed by atoms with van der Waals surface area (Å²) in [5.41, 5.74) is 7.87. The van der Waals surface area contributed by atoms with Gasteiger partial charge in [0.1, 0.15) is 4.99 Å². The van der Waals surface area contributed by atoms with Gasteiger partial charge < -0.3 is 10.5 Å². The van der Waals surface area contributed by atoms with Crippen molar-refractivity contribution in [3.63, 3.8) is 0 Å². The van der Waals surface area contributed by atoms with Crippen LogP contribution in [0.5, 0.6) is 0 Å². The van der Waals surface area contributed by atoms with Crippen molar-refractivity contribution in [3.05, 3.63) is 35.4 Å². The number of ether oxygens (including phenoxy) is 1. The molecule has 0 bridgehead atoms. The summed E-state index contributed by atoms with van der Waals surface area (Å²) in [7, 11) is 0. The van der Waals surface area contributed by atoms with E-state index in [1.807, 2.05) is 12.1 Å². The van der Waals surface area contributed by atoms with E-state index in [4.69, 9.17) is 22.7 Å². The van der Waals surface area contributed by atoms with Gasteiger partial charge >= 0.3 is 0 Å². The van der Waals surface area contributed by atoms with E-state index in [0.717, 1.165) is 38.2 Å². The van der Waals surface area contributed by atoms with Crippen LogP contribution in [0.3, 0.4) is 0 Å². The molecule has 1 aromatic rings. The molecule has 1 heterocycles. The summed E-state index contributed by atoms with van der Waals surface area (Å²) in [4.78, 5) is 2.89. The van der Waals surface area contributed by atoms with Crippen LogP contribution in [0.1, 0.15) is 24.5 Å². The molecular weight excluding hydrogens is 244 g/mol. The van der Waals surface area contributed by atoms with E-state index in [9.17, 15) is 0 Å². The first-order chi connectivity index (χ1) is 8.69. The lowest BCUT2D eigenvalue weighted by atomic mass is 10.1. The van der Waals surface area contributed by atoms with Crippen LogP contribution in [0.25, 0.3) is 0 Å². The minimum atomic E-state index is 0.373. The number of nitrogens with zero attached hydrogens (tertiary/aromatic N) is 1. The van der Waals surface area contributed by atoms with Gasteiger partial charge in [0.05, 0.1) is 12.7 Å². The molecular formula is C14H20N2OS. The van der Waals surface area contributed by atoms with Crippen molar-refractivity contribution in [1.29, 1.82) is 0 Å². The summed E-state index contributed by atoms with van der Waals surface area (Å²) in [5, 5.41) is 0. The molecule has 1 unspecified atom stereocenters. The zero-order valence-electron chi connectivity index (χ0n) is 10.8. The highest BCUT2D eigenvalue weighted by atomic mass is 32.1. The van der Waals surface area contributed by atoms with Gasteiger partial charge in [-0.2, -0.15) is 0 Å². The predicted molar refractivity (Wildman–Crippen MR) is 77.6 cm³/mol. The molecule has 2 N–H and O–H groups in total. The molecule has 0 spiro atoms. The summed E-state index contributed by atoms with van der Waals surface area (Å²) in [6.07, 6.45) is 1.45. The maximum atomic E-state index is 5.67. The zero-order chi connectivity index (χ0) is 13.0. The van der Waals surface area contributed by atoms with E-state index in [1.54, 1.807) is 0 Å². The Bertz CT molecular complexity index is 422. The molecule has 1 aromatic carbocycles. The zero-order valence-corrected chi connectivity index (χ0v) is 11.6. The molecule has 1 saturated heterocycles. The molecule has 1 atom stereocenters. The fourth-order valence-electron chi connectivity index (χ4n) is 2.25. The molecule has 0 saturated carbocycles. The Labute approximate surface area is 114 Å². The first kappa shape index (κ1) is 13.5. The maximum Gasteiger partial charge on any atom is 0.103 e. The van der Waals surface area contributed by atoms with Crippen LogP contribution in [0.4, 0.5) is 0 Å². The minimum absolute atomic E-state index is 0.373. The van der Waals surface area contributed by atoms with Crippen molar-refractivity contribution >= 4 is 17.2 Å². The number of hydrogen-bond donors (Lipinski definition) is 1. The van der Waals surface area contributed by atoms with Gasteiger partial charge in [-0.1, -0.05) is 37.3 Å². The largest absolute Gasteiger partial charge is 0.389 e. The number of rotatable bonds is 4. The summed E-state index contributed by atoms with van der Waals surface area (Å²) in [6, 6.07) is 8.18. The van der Waals surface area contributed by atoms with Gasteiger partial charge in [-0.15, -0.1) is 0 Å². The number of thiocarbonyl (C=S) groups is 1. The average molecular weight is 264 g/mol. The quantitative estimate of drug-likeness (QED) is 0.843. The third-order valence-corrected chi connectivity index (χ3v) is 3.53. The van der Waals surface area contributed by atoms with E-state index >= 15 is 0 Å². The summed E-state index contributed by atoms with van der Waals surface area (Å²) in [5.74, 6) is 0. The topological polar surface area (TPSA) is 38.5 Å². The Morgan fingerprint density at radius 1 is 1.56 bits per heavy atom. The number of morpholine rings is 1. The van der Waals surface area contributed by atoms with Gasteiger partial charge in [-0.3, -0.25) is 4.90 Å². The van der Waals surface area contributed by atoms with E-state index in [1.165, 1.54) is 5.56 Å². The lowest BCUT2D eigenvalue weighted by Gasteiger charge is -2.32. The van der Waals surface area contributed by atoms with E-state index in [-0.39, 0.29) is 0 Å². The van der Waals surface area contributed by atoms with Gasteiger partial charge in [-0.05, 0) is 18.1 Å². The van der Waals surface area contributed by atoms with Crippen LogP contribution in [0.15, 0.2) is 24.3 Å². The van der Waals surface area contributed by atoms with Crippen molar-refractivity contribution in [3.8, 4) is 0 Å². The van der Waals surface area contributed by atoms with Crippen LogP contribution in [-0.4, -0.2) is 35.7 Å². The highest BCUT2D eigenvalue weighted by Gasteiger charge is 2.18. The van der Waals surface area contributed by atoms with Gasteiger partial charge in [0.25, 0.3) is 0 Å². The third-order valence-electron chi connectivity index (χ3n) is 3.30. The SMILES string of the molecule is CCC1CN(Cc2cccc(C(N)=S)c2)CCO1. The van der Waals surface area contributed by atoms with Gasteiger partial charge in [0, 0.05) is 25.2 Å². The van der Waals surface area contributed by atoms with Crippen molar-refractivity contribution in [2.24, 2.45) is 5.73 Å². The van der Waals surface area contributed by atoms with Gasteiger partial charge in [-0.25, -0.2) is 0 Å². The van der Waals surface area contributed by atoms with Crippen LogP contribution in [-0.2, 0) is 11.3 Å². The molecule has 4 heteroatoms. The Balaban J connectivity index is 2.00. The number of benzene rings is 1. The van der Waals surface area contributed by atoms with Gasteiger partial charge in [0.2, 0.25) is 0 Å². The lowest BCUT2D eigenvalue weighted by molar-refractivity contribution is -0.0324. The first-order valence-corrected chi connectivity index (χ1v) is 6.82. The Morgan fingerprint density at radius 3 is 3.11 bits per heavy atom. The highest BCUT2D eigenvalue weighted by molar-refractivity contribution is 7.80. The monoisotopic (exact) mass is 264 g/mol. The average Bonchev–Trinajstić information content (AvgIpc) is 2.39. The van der Waals surface area contributed by atoms with Crippen LogP contribution in [0, 0.1) is 0 Å². The molecule has 0 amide bonds. The Kier molecular flexibility index (Phi) is 4.69. The molecule has 2 rings (SSSR count). The molecule has 1 aliphatic rings. The molecule has 98 valence electrons. The molecule has 0 radical (unpaired) electrons. The van der Waals surface area contributed by atoms with E-state index in [2.05, 4.69) is 24.0 Å². The Hall–Kier alpha value is -0.970. The molecule has 0 aliphatic carbocycles. The summed E-state index contributed by atoms with van der Waals surface area (Å²) < 4.78 is 5.67. The number of nitrogens with two attached hydrogens (primary N) is 1. The highest BCUT2D eigenvalue weighted by Crippen LogP contribution is 2.13. The molecule has 3 nitrogen and oxygen atoms in total. The minimum Gasteiger partial charge on any atom is -0.389 e. The number of hydrogen-bond acceptors (Lipinski definition) is 3. The fraction of sp³-hybridized carbons (Fsp3) is 0.500. The smallest absolute Gasteiger partial charge is 0.103 e. The second-order valence-corrected chi connectivity index (χ2v) is 5.14. The van der Waals surface area contributed by atoms with E-state index < -0.39 is 0 Å². The van der Waals surface area contributed by atoms with Crippen molar-refractivity contribution in [1.82, 2.24) is 4.90 Å². The molecule has 18 heavy (non-hydrogen) atoms. The Morgan fingerprint density at radius 2 is 2.39 bits per heavy atom. The summed E-state index contributed by atoms with van der Waals surface area (Å²) >= 11 is 5.01. The van der Waals surface area contributed by atoms with Crippen molar-refractivity contribution in [2.45, 2.75) is 26.0 Å². The molecule has 0 aromatic heterocycles. The second kappa shape index (κ2) is 6.27. The summed E-state index contributed by atoms with van der Waals surface area (Å²) in [6.45, 7) is 5.94. The standard InChI is InChI=1S/C14H20N2OS/c1-2-13-10-16(6-7-17-13)9-11-4-3-5-12(8-11)14(15)18/h3-5,8,13H,2,6-7,9-10H2,1H3,(H2,15,18). The molecule has 1 aliphatic heterocycles. The predicted octanol–water partition coefficient (Wildman–Crippen LogP) is 1.93. The van der Waals surface area contributed by atoms with Gasteiger partial charge in [0.15, 0.2) is 0 Å².